The summed E-state index contributed by atoms with van der Waals surface area (Å²) in [5.74, 6) is -1.78. The summed E-state index contributed by atoms with van der Waals surface area (Å²) in [5, 5.41) is 13.2. The van der Waals surface area contributed by atoms with E-state index in [0.29, 0.717) is 5.69 Å². The van der Waals surface area contributed by atoms with Gasteiger partial charge >= 0.3 is 6.36 Å². The number of hydrogen-bond acceptors (Lipinski definition) is 5. The molecular weight excluding hydrogens is 394 g/mol. The van der Waals surface area contributed by atoms with Crippen molar-refractivity contribution in [1.29, 1.82) is 5.26 Å². The number of hydrogen-bond donors (Lipinski definition) is 1. The molecule has 0 fully saturated rings. The normalized spacial score (nSPS) is 11.6. The molecule has 0 aliphatic carbocycles. The fraction of sp³-hybridized carbons (Fsp3) is 0.0625. The molecule has 5 nitrogen and oxygen atoms in total. The maximum absolute atomic E-state index is 12.4. The van der Waals surface area contributed by atoms with Gasteiger partial charge in [0.05, 0.1) is 21.3 Å². The van der Waals surface area contributed by atoms with Gasteiger partial charge in [0.15, 0.2) is 0 Å². The molecule has 2 aromatic rings. The van der Waals surface area contributed by atoms with Crippen LogP contribution < -0.4 is 10.2 Å². The second-order valence-corrected chi connectivity index (χ2v) is 5.50. The molecule has 0 aromatic heterocycles. The highest BCUT2D eigenvalue weighted by atomic mass is 35.5. The number of anilines is 1. The number of benzene rings is 2. The average molecular weight is 402 g/mol. The number of para-hydroxylation sites is 1. The Morgan fingerprint density at radius 2 is 1.85 bits per heavy atom. The van der Waals surface area contributed by atoms with Gasteiger partial charge in [-0.3, -0.25) is 10.2 Å². The van der Waals surface area contributed by atoms with Gasteiger partial charge in [-0.15, -0.1) is 13.2 Å². The quantitative estimate of drug-likeness (QED) is 0.431. The van der Waals surface area contributed by atoms with Crippen LogP contribution in [-0.2, 0) is 0 Å². The minimum absolute atomic E-state index is 0.209. The molecule has 0 heterocycles. The van der Waals surface area contributed by atoms with Crippen LogP contribution in [0.25, 0.3) is 0 Å². The standard InChI is InChI=1S/C16H8Cl2F3N3O2/c17-11-6-5-9(7-12(11)18)23-24-13(8-22)15(25)10-3-1-2-4-14(10)26-16(19,20)21/h1-7,23H. The summed E-state index contributed by atoms with van der Waals surface area (Å²) in [6.07, 6.45) is -4.99. The Kier molecular flexibility index (Phi) is 6.08. The Bertz CT molecular complexity index is 908. The van der Waals surface area contributed by atoms with Crippen LogP contribution in [0.3, 0.4) is 0 Å². The number of nitrogens with zero attached hydrogens (tertiary/aromatic N) is 2. The lowest BCUT2D eigenvalue weighted by molar-refractivity contribution is -0.274. The maximum atomic E-state index is 12.4. The minimum Gasteiger partial charge on any atom is -0.405 e. The maximum Gasteiger partial charge on any atom is 0.573 e. The number of Topliss-reactive ketones (excluding diaryl/α,β-unsaturated/α-hetero) is 1. The molecule has 0 unspecified atom stereocenters. The molecule has 0 atom stereocenters. The molecule has 1 N–H and O–H groups in total. The van der Waals surface area contributed by atoms with Crippen LogP contribution in [0.4, 0.5) is 18.9 Å². The Morgan fingerprint density at radius 3 is 2.46 bits per heavy atom. The molecule has 2 rings (SSSR count). The van der Waals surface area contributed by atoms with E-state index in [1.165, 1.54) is 36.4 Å². The number of hydrazone groups is 1. The zero-order chi connectivity index (χ0) is 19.3. The zero-order valence-corrected chi connectivity index (χ0v) is 14.2. The molecule has 134 valence electrons. The van der Waals surface area contributed by atoms with Crippen LogP contribution in [0.2, 0.25) is 10.0 Å². The summed E-state index contributed by atoms with van der Waals surface area (Å²) in [7, 11) is 0. The first-order valence-electron chi connectivity index (χ1n) is 6.79. The molecule has 0 saturated heterocycles. The number of halogens is 5. The second kappa shape index (κ2) is 8.08. The van der Waals surface area contributed by atoms with E-state index in [1.807, 2.05) is 0 Å². The van der Waals surface area contributed by atoms with Gasteiger partial charge in [0.1, 0.15) is 11.8 Å². The van der Waals surface area contributed by atoms with Gasteiger partial charge in [-0.2, -0.15) is 10.4 Å². The number of carbonyl (C=O) groups is 1. The monoisotopic (exact) mass is 401 g/mol. The van der Waals surface area contributed by atoms with Gasteiger partial charge in [0.2, 0.25) is 11.5 Å². The van der Waals surface area contributed by atoms with E-state index in [9.17, 15) is 18.0 Å². The summed E-state index contributed by atoms with van der Waals surface area (Å²) < 4.78 is 41.1. The summed E-state index contributed by atoms with van der Waals surface area (Å²) in [5.41, 5.74) is 1.61. The van der Waals surface area contributed by atoms with Crippen molar-refractivity contribution >= 4 is 40.4 Å². The predicted molar refractivity (Wildman–Crippen MR) is 90.6 cm³/mol. The zero-order valence-electron chi connectivity index (χ0n) is 12.6. The Balaban J connectivity index is 2.29. The molecule has 0 amide bonds. The molecule has 0 spiro atoms. The van der Waals surface area contributed by atoms with Crippen molar-refractivity contribution in [2.75, 3.05) is 5.43 Å². The lowest BCUT2D eigenvalue weighted by atomic mass is 10.1. The summed E-state index contributed by atoms with van der Waals surface area (Å²) in [4.78, 5) is 12.3. The largest absolute Gasteiger partial charge is 0.573 e. The SMILES string of the molecule is N#CC(=NNc1ccc(Cl)c(Cl)c1)C(=O)c1ccccc1OC(F)(F)F. The van der Waals surface area contributed by atoms with E-state index >= 15 is 0 Å². The first kappa shape index (κ1) is 19.6. The van der Waals surface area contributed by atoms with Crippen LogP contribution in [-0.4, -0.2) is 17.9 Å². The molecule has 0 saturated carbocycles. The number of nitriles is 1. The Hall–Kier alpha value is -2.76. The van der Waals surface area contributed by atoms with Gasteiger partial charge in [0.25, 0.3) is 0 Å². The number of carbonyl (C=O) groups excluding carboxylic acids is 1. The van der Waals surface area contributed by atoms with Gasteiger partial charge in [-0.05, 0) is 30.3 Å². The molecule has 0 radical (unpaired) electrons. The van der Waals surface area contributed by atoms with E-state index in [-0.39, 0.29) is 10.0 Å². The highest BCUT2D eigenvalue weighted by Gasteiger charge is 2.33. The summed E-state index contributed by atoms with van der Waals surface area (Å²) in [6, 6.07) is 10.5. The van der Waals surface area contributed by atoms with E-state index in [0.717, 1.165) is 12.1 Å². The third-order valence-electron chi connectivity index (χ3n) is 2.89. The van der Waals surface area contributed by atoms with Gasteiger partial charge in [-0.25, -0.2) is 0 Å². The van der Waals surface area contributed by atoms with Crippen molar-refractivity contribution in [2.24, 2.45) is 5.10 Å². The van der Waals surface area contributed by atoms with E-state index in [1.54, 1.807) is 0 Å². The fourth-order valence-electron chi connectivity index (χ4n) is 1.81. The third-order valence-corrected chi connectivity index (χ3v) is 3.63. The van der Waals surface area contributed by atoms with Crippen molar-refractivity contribution in [2.45, 2.75) is 6.36 Å². The number of alkyl halides is 3. The Morgan fingerprint density at radius 1 is 1.15 bits per heavy atom. The highest BCUT2D eigenvalue weighted by Crippen LogP contribution is 2.27. The van der Waals surface area contributed by atoms with Crippen LogP contribution >= 0.6 is 23.2 Å². The summed E-state index contributed by atoms with van der Waals surface area (Å²) >= 11 is 11.6. The first-order valence-corrected chi connectivity index (χ1v) is 7.55. The van der Waals surface area contributed by atoms with Crippen molar-refractivity contribution in [3.8, 4) is 11.8 Å². The van der Waals surface area contributed by atoms with Gasteiger partial charge in [0, 0.05) is 0 Å². The van der Waals surface area contributed by atoms with Crippen molar-refractivity contribution in [1.82, 2.24) is 0 Å². The molecule has 0 aliphatic heterocycles. The smallest absolute Gasteiger partial charge is 0.405 e. The number of ether oxygens (including phenoxy) is 1. The Labute approximate surface area is 155 Å². The lowest BCUT2D eigenvalue weighted by Crippen LogP contribution is -2.21. The second-order valence-electron chi connectivity index (χ2n) is 4.69. The van der Waals surface area contributed by atoms with Crippen LogP contribution in [0.5, 0.6) is 5.75 Å². The van der Waals surface area contributed by atoms with Gasteiger partial charge < -0.3 is 4.74 Å². The van der Waals surface area contributed by atoms with E-state index in [2.05, 4.69) is 15.3 Å². The number of ketones is 1. The fourth-order valence-corrected chi connectivity index (χ4v) is 2.11. The molecule has 10 heteroatoms. The minimum atomic E-state index is -4.99. The highest BCUT2D eigenvalue weighted by molar-refractivity contribution is 6.51. The molecule has 0 bridgehead atoms. The van der Waals surface area contributed by atoms with E-state index in [4.69, 9.17) is 28.5 Å². The first-order chi connectivity index (χ1) is 12.2. The molecular formula is C16H8Cl2F3N3O2. The summed E-state index contributed by atoms with van der Waals surface area (Å²) in [6.45, 7) is 0. The lowest BCUT2D eigenvalue weighted by Gasteiger charge is -2.11. The van der Waals surface area contributed by atoms with Crippen LogP contribution in [0.15, 0.2) is 47.6 Å². The van der Waals surface area contributed by atoms with Crippen molar-refractivity contribution < 1.29 is 22.7 Å². The molecule has 2 aromatic carbocycles. The van der Waals surface area contributed by atoms with Crippen LogP contribution in [0, 0.1) is 11.3 Å². The van der Waals surface area contributed by atoms with Crippen molar-refractivity contribution in [3.05, 3.63) is 58.1 Å². The number of nitrogens with one attached hydrogen (secondary N) is 1. The number of rotatable bonds is 5. The van der Waals surface area contributed by atoms with Crippen molar-refractivity contribution in [3.63, 3.8) is 0 Å². The average Bonchev–Trinajstić information content (AvgIpc) is 2.57. The third kappa shape index (κ3) is 5.12. The topological polar surface area (TPSA) is 74.5 Å². The molecule has 26 heavy (non-hydrogen) atoms. The van der Waals surface area contributed by atoms with E-state index < -0.39 is 29.2 Å². The predicted octanol–water partition coefficient (Wildman–Crippen LogP) is 5.07. The molecule has 0 aliphatic rings. The van der Waals surface area contributed by atoms with Crippen LogP contribution in [0.1, 0.15) is 10.4 Å². The van der Waals surface area contributed by atoms with Gasteiger partial charge in [-0.1, -0.05) is 35.3 Å².